The van der Waals surface area contributed by atoms with E-state index in [2.05, 4.69) is 17.9 Å². The smallest absolute Gasteiger partial charge is 0.251 e. The van der Waals surface area contributed by atoms with Gasteiger partial charge in [-0.2, -0.15) is 0 Å². The van der Waals surface area contributed by atoms with Gasteiger partial charge in [-0.05, 0) is 31.0 Å². The number of rotatable bonds is 2. The van der Waals surface area contributed by atoms with Crippen molar-refractivity contribution in [2.24, 2.45) is 0 Å². The lowest BCUT2D eigenvalue weighted by molar-refractivity contribution is 0.0940. The molecule has 0 radical (unpaired) electrons. The van der Waals surface area contributed by atoms with Gasteiger partial charge in [0.05, 0.1) is 11.5 Å². The molecule has 0 saturated carbocycles. The molecule has 2 rings (SSSR count). The molecule has 1 amide bonds. The molecule has 0 bridgehead atoms. The average molecular weight is 285 g/mol. The second-order valence-corrected chi connectivity index (χ2v) is 7.32. The van der Waals surface area contributed by atoms with Crippen molar-refractivity contribution in [2.75, 3.05) is 11.5 Å². The fourth-order valence-electron chi connectivity index (χ4n) is 2.03. The van der Waals surface area contributed by atoms with Gasteiger partial charge in [0.1, 0.15) is 0 Å². The maximum Gasteiger partial charge on any atom is 0.251 e. The van der Waals surface area contributed by atoms with E-state index in [4.69, 9.17) is 0 Å². The highest BCUT2D eigenvalue weighted by Gasteiger charge is 2.29. The summed E-state index contributed by atoms with van der Waals surface area (Å²) >= 11 is 4.20. The van der Waals surface area contributed by atoms with Gasteiger partial charge in [-0.25, -0.2) is 8.42 Å². The van der Waals surface area contributed by atoms with Crippen molar-refractivity contribution in [1.29, 1.82) is 0 Å². The summed E-state index contributed by atoms with van der Waals surface area (Å²) in [7, 11) is -2.97. The molecule has 1 aromatic rings. The van der Waals surface area contributed by atoms with E-state index >= 15 is 0 Å². The molecule has 18 heavy (non-hydrogen) atoms. The largest absolute Gasteiger partial charge is 0.348 e. The van der Waals surface area contributed by atoms with E-state index in [1.54, 1.807) is 6.07 Å². The van der Waals surface area contributed by atoms with Crippen molar-refractivity contribution in [3.63, 3.8) is 0 Å². The summed E-state index contributed by atoms with van der Waals surface area (Å²) in [5.74, 6) is -0.0347. The molecule has 98 valence electrons. The Kier molecular flexibility index (Phi) is 3.68. The minimum atomic E-state index is -2.97. The van der Waals surface area contributed by atoms with Gasteiger partial charge >= 0.3 is 0 Å². The van der Waals surface area contributed by atoms with Crippen LogP contribution in [0.4, 0.5) is 0 Å². The summed E-state index contributed by atoms with van der Waals surface area (Å²) < 4.78 is 22.6. The molecule has 1 aromatic carbocycles. The number of hydrogen-bond donors (Lipinski definition) is 2. The fourth-order valence-corrected chi connectivity index (χ4v) is 3.90. The summed E-state index contributed by atoms with van der Waals surface area (Å²) in [4.78, 5) is 12.8. The minimum Gasteiger partial charge on any atom is -0.348 e. The summed E-state index contributed by atoms with van der Waals surface area (Å²) in [5, 5.41) is 2.77. The van der Waals surface area contributed by atoms with E-state index < -0.39 is 9.84 Å². The number of nitrogens with one attached hydrogen (secondary N) is 1. The average Bonchev–Trinajstić information content (AvgIpc) is 2.61. The molecule has 4 nitrogen and oxygen atoms in total. The molecule has 0 aliphatic carbocycles. The Balaban J connectivity index is 2.11. The Morgan fingerprint density at radius 3 is 2.78 bits per heavy atom. The predicted molar refractivity (Wildman–Crippen MR) is 73.0 cm³/mol. The number of benzene rings is 1. The van der Waals surface area contributed by atoms with Crippen LogP contribution in [0.3, 0.4) is 0 Å². The highest BCUT2D eigenvalue weighted by atomic mass is 32.2. The van der Waals surface area contributed by atoms with E-state index in [0.717, 1.165) is 5.56 Å². The first-order valence-electron chi connectivity index (χ1n) is 5.68. The molecular weight excluding hydrogens is 270 g/mol. The van der Waals surface area contributed by atoms with Crippen molar-refractivity contribution >= 4 is 28.4 Å². The van der Waals surface area contributed by atoms with E-state index in [9.17, 15) is 13.2 Å². The van der Waals surface area contributed by atoms with Gasteiger partial charge in [-0.3, -0.25) is 4.79 Å². The van der Waals surface area contributed by atoms with Gasteiger partial charge in [0.2, 0.25) is 0 Å². The van der Waals surface area contributed by atoms with Crippen LogP contribution >= 0.6 is 12.6 Å². The fraction of sp³-hybridized carbons (Fsp3) is 0.417. The number of carbonyl (C=O) groups is 1. The van der Waals surface area contributed by atoms with Crippen molar-refractivity contribution in [1.82, 2.24) is 5.32 Å². The number of carbonyl (C=O) groups excluding carboxylic acids is 1. The van der Waals surface area contributed by atoms with Crippen molar-refractivity contribution < 1.29 is 13.2 Å². The quantitative estimate of drug-likeness (QED) is 0.803. The molecule has 1 fully saturated rings. The number of sulfone groups is 1. The molecule has 1 aliphatic rings. The molecule has 1 aliphatic heterocycles. The number of aryl methyl sites for hydroxylation is 1. The van der Waals surface area contributed by atoms with Crippen LogP contribution in [0.1, 0.15) is 22.3 Å². The lowest BCUT2D eigenvalue weighted by atomic mass is 10.1. The summed E-state index contributed by atoms with van der Waals surface area (Å²) in [6.45, 7) is 1.84. The molecule has 0 spiro atoms. The number of hydrogen-bond acceptors (Lipinski definition) is 4. The Morgan fingerprint density at radius 2 is 2.17 bits per heavy atom. The van der Waals surface area contributed by atoms with Crippen LogP contribution in [-0.4, -0.2) is 31.9 Å². The topological polar surface area (TPSA) is 63.2 Å². The molecule has 1 atom stereocenters. The first-order chi connectivity index (χ1) is 8.37. The van der Waals surface area contributed by atoms with Gasteiger partial charge in [0.25, 0.3) is 5.91 Å². The van der Waals surface area contributed by atoms with Gasteiger partial charge in [-0.1, -0.05) is 6.07 Å². The Bertz CT molecular complexity index is 581. The predicted octanol–water partition coefficient (Wildman–Crippen LogP) is 1.20. The Hall–Kier alpha value is -1.01. The standard InChI is InChI=1S/C12H15NO3S2/c1-8-2-3-10(17)6-11(8)12(14)13-9-4-5-18(15,16)7-9/h2-3,6,9,17H,4-5,7H2,1H3,(H,13,14). The van der Waals surface area contributed by atoms with Gasteiger partial charge < -0.3 is 5.32 Å². The van der Waals surface area contributed by atoms with Crippen LogP contribution < -0.4 is 5.32 Å². The van der Waals surface area contributed by atoms with Crippen molar-refractivity contribution in [3.05, 3.63) is 29.3 Å². The van der Waals surface area contributed by atoms with Crippen LogP contribution in [0.5, 0.6) is 0 Å². The lowest BCUT2D eigenvalue weighted by Gasteiger charge is -2.12. The van der Waals surface area contributed by atoms with Crippen LogP contribution in [0.15, 0.2) is 23.1 Å². The lowest BCUT2D eigenvalue weighted by Crippen LogP contribution is -2.35. The van der Waals surface area contributed by atoms with E-state index in [1.807, 2.05) is 19.1 Å². The van der Waals surface area contributed by atoms with Crippen LogP contribution in [0.25, 0.3) is 0 Å². The SMILES string of the molecule is Cc1ccc(S)cc1C(=O)NC1CCS(=O)(=O)C1. The molecule has 0 aromatic heterocycles. The Labute approximate surface area is 112 Å². The van der Waals surface area contributed by atoms with Crippen LogP contribution in [0.2, 0.25) is 0 Å². The van der Waals surface area contributed by atoms with E-state index in [1.165, 1.54) is 0 Å². The van der Waals surface area contributed by atoms with Crippen molar-refractivity contribution in [3.8, 4) is 0 Å². The highest BCUT2D eigenvalue weighted by molar-refractivity contribution is 7.91. The second-order valence-electron chi connectivity index (χ2n) is 4.57. The summed E-state index contributed by atoms with van der Waals surface area (Å²) in [5.41, 5.74) is 1.40. The molecule has 1 saturated heterocycles. The zero-order valence-electron chi connectivity index (χ0n) is 10.0. The van der Waals surface area contributed by atoms with Crippen LogP contribution in [0, 0.1) is 6.92 Å². The van der Waals surface area contributed by atoms with Gasteiger partial charge in [0.15, 0.2) is 9.84 Å². The van der Waals surface area contributed by atoms with E-state index in [-0.39, 0.29) is 23.5 Å². The molecule has 1 unspecified atom stereocenters. The number of amides is 1. The monoisotopic (exact) mass is 285 g/mol. The van der Waals surface area contributed by atoms with Crippen LogP contribution in [-0.2, 0) is 9.84 Å². The Morgan fingerprint density at radius 1 is 1.44 bits per heavy atom. The van der Waals surface area contributed by atoms with Gasteiger partial charge in [0, 0.05) is 16.5 Å². The summed E-state index contributed by atoms with van der Waals surface area (Å²) in [6, 6.07) is 5.06. The molecular formula is C12H15NO3S2. The maximum absolute atomic E-state index is 12.0. The molecule has 1 N–H and O–H groups in total. The normalized spacial score (nSPS) is 21.8. The maximum atomic E-state index is 12.0. The van der Waals surface area contributed by atoms with Crippen molar-refractivity contribution in [2.45, 2.75) is 24.3 Å². The first kappa shape index (κ1) is 13.4. The zero-order chi connectivity index (χ0) is 13.3. The zero-order valence-corrected chi connectivity index (χ0v) is 11.7. The second kappa shape index (κ2) is 4.93. The van der Waals surface area contributed by atoms with E-state index in [0.29, 0.717) is 16.9 Å². The highest BCUT2D eigenvalue weighted by Crippen LogP contribution is 2.16. The third-order valence-corrected chi connectivity index (χ3v) is 5.08. The van der Waals surface area contributed by atoms with Gasteiger partial charge in [-0.15, -0.1) is 12.6 Å². The first-order valence-corrected chi connectivity index (χ1v) is 7.95. The molecule has 6 heteroatoms. The third kappa shape index (κ3) is 3.05. The molecule has 1 heterocycles. The number of thiol groups is 1. The minimum absolute atomic E-state index is 0.0400. The third-order valence-electron chi connectivity index (χ3n) is 3.03. The summed E-state index contributed by atoms with van der Waals surface area (Å²) in [6.07, 6.45) is 0.494.